The van der Waals surface area contributed by atoms with Crippen molar-refractivity contribution in [3.8, 4) is 46.0 Å². The van der Waals surface area contributed by atoms with Crippen molar-refractivity contribution in [2.75, 3.05) is 54.8 Å². The molecule has 9 aliphatic rings. The number of fused-ring (bicyclic) bond motifs is 4. The van der Waals surface area contributed by atoms with Crippen LogP contribution in [0, 0.1) is 17.5 Å². The molecule has 4 fully saturated rings. The van der Waals surface area contributed by atoms with E-state index in [0.717, 1.165) is 0 Å². The second kappa shape index (κ2) is 36.0. The number of aromatic nitrogens is 6. The summed E-state index contributed by atoms with van der Waals surface area (Å²) in [6.07, 6.45) is -19.3. The van der Waals surface area contributed by atoms with Crippen LogP contribution in [-0.2, 0) is 105 Å². The van der Waals surface area contributed by atoms with Gasteiger partial charge >= 0.3 is 48.4 Å². The van der Waals surface area contributed by atoms with Gasteiger partial charge in [-0.05, 0) is 24.3 Å². The number of benzene rings is 4. The molecule has 8 N–H and O–H groups in total. The number of aromatic amines is 3. The number of aliphatic hydroxyl groups is 4. The first kappa shape index (κ1) is 83.3. The van der Waals surface area contributed by atoms with Gasteiger partial charge in [0.2, 0.25) is 46.7 Å². The molecular weight excluding hydrogens is 1780 g/mol. The molecule has 124 heavy (non-hydrogen) atoms. The molecule has 43 nitrogen and oxygen atoms in total. The summed E-state index contributed by atoms with van der Waals surface area (Å²) in [5.41, 5.74) is -5.80. The van der Waals surface area contributed by atoms with E-state index < -0.39 is 225 Å². The number of amides is 1. The topological polar surface area (TPSA) is 531 Å². The van der Waals surface area contributed by atoms with Crippen LogP contribution in [-0.4, -0.2) is 169 Å². The minimum Gasteiger partial charge on any atom is -0.493 e. The van der Waals surface area contributed by atoms with Crippen LogP contribution in [0.3, 0.4) is 0 Å². The second-order valence-corrected chi connectivity index (χ2v) is 32.9. The van der Waals surface area contributed by atoms with E-state index in [-0.39, 0.29) is 77.0 Å². The number of halogens is 8. The molecule has 3 aromatic heterocycles. The highest BCUT2D eigenvalue weighted by molar-refractivity contribution is 7.49. The fourth-order valence-electron chi connectivity index (χ4n) is 12.3. The number of H-pyrrole nitrogens is 3. The number of aliphatic hydroxyl groups excluding tert-OH is 4. The predicted molar refractivity (Wildman–Crippen MR) is 393 cm³/mol. The molecule has 16 atom stereocenters. The van der Waals surface area contributed by atoms with Gasteiger partial charge in [0.1, 0.15) is 56.6 Å². The first-order valence-electron chi connectivity index (χ1n) is 38.3. The number of carbonyl (C=O) groups excluding carboxylic acids is 1. The zero-order valence-corrected chi connectivity index (χ0v) is 67.1. The first-order valence-corrected chi connectivity index (χ1v) is 41.1. The highest BCUT2D eigenvalue weighted by Gasteiger charge is 2.56. The standard InChI is InChI=1S/C18H19F2N2O8P.3C17H17F2N2O9P/c1-10-21-16(24)12(19)7-22(10)17-13(23)6-18(20,29-17)9-28-31(25)27-8-11-4-3-5-14(26-2)15(11)30-31;3*1-26-12-4-2-3-9-7-27-31(25,30-13(9)12)28-8-17(19)5-11(22)15(29-17)21-6-10(18)14(23)20-16(21)24/h3-5,7,13,17,23H,1,6,8-9H2,2H3,(H,21,24);3*2-4,6,11,15,22H,5,7-8H2,1H3,(H,20,23,24)/t13-,17-,18+,31?;3*11-,15-,17+,31?/m1111/s1/i9D2,17D;15D;8D2;. The molecule has 55 heteroatoms. The zero-order chi connectivity index (χ0) is 95.0. The van der Waals surface area contributed by atoms with E-state index in [2.05, 4.69) is 6.58 Å². The molecule has 4 aromatic carbocycles. The number of nitrogens with one attached hydrogen (secondary N) is 4. The van der Waals surface area contributed by atoms with E-state index in [1.165, 1.54) is 46.6 Å². The molecule has 0 bridgehead atoms. The Kier molecular flexibility index (Phi) is 24.2. The highest BCUT2D eigenvalue weighted by Crippen LogP contribution is 2.62. The Morgan fingerprint density at radius 3 is 1.15 bits per heavy atom. The summed E-state index contributed by atoms with van der Waals surface area (Å²) in [5, 5.41) is 42.8. The van der Waals surface area contributed by atoms with Crippen LogP contribution in [0.5, 0.6) is 46.0 Å². The number of carbonyl (C=O) groups is 1. The minimum atomic E-state index is -4.80. The van der Waals surface area contributed by atoms with E-state index in [0.29, 0.717) is 61.1 Å². The molecule has 0 saturated carbocycles. The molecule has 672 valence electrons. The molecule has 0 spiro atoms. The monoisotopic (exact) mass is 1850 g/mol. The maximum Gasteiger partial charge on any atom is 0.530 e. The Hall–Kier alpha value is -10.2. The van der Waals surface area contributed by atoms with Crippen LogP contribution < -0.4 is 76.1 Å². The van der Waals surface area contributed by atoms with Crippen molar-refractivity contribution >= 4 is 37.2 Å². The van der Waals surface area contributed by atoms with Gasteiger partial charge < -0.3 is 86.6 Å². The molecule has 4 unspecified atom stereocenters. The maximum absolute atomic E-state index is 15.7. The van der Waals surface area contributed by atoms with E-state index in [4.69, 9.17) is 100 Å². The lowest BCUT2D eigenvalue weighted by Gasteiger charge is -2.33. The van der Waals surface area contributed by atoms with E-state index >= 15 is 17.6 Å². The Morgan fingerprint density at radius 2 is 0.766 bits per heavy atom. The lowest BCUT2D eigenvalue weighted by Crippen LogP contribution is -2.46. The SMILES string of the molecule is COc1cccc2c1OP(=O)(OC[C@]1(F)C[C@@H](O)[C@H](n3cc(F)c(=O)[nH]c3=O)O1)OC2.[2H]C([2H])(OP1(=O)OCc2cccc(OC)c2O1)[C@]1(F)C[C@@H](O)[C@H](n2cc(F)c(=O)[nH]c2=O)O1.[2H]C([2H])(OP1(=O)OCc2cccc(OC)c2O1)[C@]1(F)C[C@@H](O)[C@]([2H])(N2C=C(F)C(=O)NC2=C)O1.[2H][C@@]1(n2cc(F)c(=O)[nH]c2=O)O[C@](F)(COP2(=O)OCc3cccc(OC)c3O2)C[C@H]1O. The van der Waals surface area contributed by atoms with Crippen LogP contribution in [0.1, 0.15) is 74.8 Å². The van der Waals surface area contributed by atoms with E-state index in [1.54, 1.807) is 69.5 Å². The summed E-state index contributed by atoms with van der Waals surface area (Å²) in [4.78, 5) is 86.0. The van der Waals surface area contributed by atoms with Crippen LogP contribution >= 0.6 is 31.3 Å². The van der Waals surface area contributed by atoms with Gasteiger partial charge in [-0.25, -0.2) is 50.2 Å². The first-order chi connectivity index (χ1) is 60.7. The van der Waals surface area contributed by atoms with Crippen molar-refractivity contribution in [1.82, 2.24) is 38.9 Å². The largest absolute Gasteiger partial charge is 0.530 e. The normalized spacial score (nSPS) is 32.8. The number of hydrogen-bond donors (Lipinski definition) is 8. The Bertz CT molecular complexity index is 6200. The van der Waals surface area contributed by atoms with Gasteiger partial charge in [-0.15, -0.1) is 0 Å². The quantitative estimate of drug-likeness (QED) is 0.0306. The Labute approximate surface area is 696 Å². The number of alkyl halides is 4. The number of para-hydroxylation sites is 4. The summed E-state index contributed by atoms with van der Waals surface area (Å²) in [6, 6.07) is 19.0. The molecule has 4 saturated heterocycles. The number of rotatable bonds is 20. The summed E-state index contributed by atoms with van der Waals surface area (Å²) in [7, 11) is -12.8. The van der Waals surface area contributed by atoms with Crippen LogP contribution in [0.25, 0.3) is 0 Å². The van der Waals surface area contributed by atoms with Crippen molar-refractivity contribution in [3.63, 3.8) is 0 Å². The fourth-order valence-corrected chi connectivity index (χ4v) is 17.0. The van der Waals surface area contributed by atoms with Gasteiger partial charge in [0.25, 0.3) is 22.6 Å². The van der Waals surface area contributed by atoms with Gasteiger partial charge in [-0.3, -0.25) is 84.0 Å². The number of ether oxygens (including phenoxy) is 8. The Morgan fingerprint density at radius 1 is 0.460 bits per heavy atom. The van der Waals surface area contributed by atoms with Crippen molar-refractivity contribution in [2.24, 2.45) is 0 Å². The van der Waals surface area contributed by atoms with Gasteiger partial charge in [0, 0.05) is 54.1 Å². The molecule has 0 aliphatic carbocycles. The average Bonchev–Trinajstić information content (AvgIpc) is 1.53. The summed E-state index contributed by atoms with van der Waals surface area (Å²) in [6.45, 7) is -6.94. The molecule has 0 radical (unpaired) electrons. The van der Waals surface area contributed by atoms with Gasteiger partial charge in [0.05, 0.1) is 81.7 Å². The minimum absolute atomic E-state index is 0.0567. The molecular formula is C69H70F8N8O35P4. The lowest BCUT2D eigenvalue weighted by molar-refractivity contribution is -0.184. The van der Waals surface area contributed by atoms with Crippen molar-refractivity contribution in [2.45, 2.75) is 125 Å². The summed E-state index contributed by atoms with van der Waals surface area (Å²) < 4.78 is 318. The van der Waals surface area contributed by atoms with Crippen LogP contribution in [0.2, 0.25) is 0 Å². The average molecular weight is 1850 g/mol. The smallest absolute Gasteiger partial charge is 0.493 e. The molecule has 1 amide bonds. The number of methoxy groups -OCH3 is 4. The Balaban J connectivity index is 0.000000148. The third-order valence-electron chi connectivity index (χ3n) is 18.1. The molecule has 12 heterocycles. The van der Waals surface area contributed by atoms with Crippen molar-refractivity contribution in [1.29, 1.82) is 0 Å². The third-order valence-corrected chi connectivity index (χ3v) is 23.0. The number of phosphoric ester groups is 4. The molecule has 7 aromatic rings. The van der Waals surface area contributed by atoms with E-state index in [9.17, 15) is 89.8 Å². The number of hydrogen-bond acceptors (Lipinski definition) is 36. The second-order valence-electron chi connectivity index (χ2n) is 26.7. The summed E-state index contributed by atoms with van der Waals surface area (Å²) >= 11 is 0. The predicted octanol–water partition coefficient (Wildman–Crippen LogP) is 6.31. The van der Waals surface area contributed by atoms with Crippen LogP contribution in [0.4, 0.5) is 35.1 Å². The van der Waals surface area contributed by atoms with Gasteiger partial charge in [0.15, 0.2) is 70.9 Å². The van der Waals surface area contributed by atoms with Crippen LogP contribution in [0.15, 0.2) is 145 Å². The molecule has 9 aliphatic heterocycles. The van der Waals surface area contributed by atoms with Crippen molar-refractivity contribution < 1.29 is 179 Å². The fraction of sp³-hybridized carbons (Fsp3) is 0.406. The molecule has 16 rings (SSSR count). The maximum atomic E-state index is 15.7. The number of nitrogens with zero attached hydrogens (tertiary/aromatic N) is 4. The van der Waals surface area contributed by atoms with E-state index in [1.807, 2.05) is 5.32 Å². The van der Waals surface area contributed by atoms with Gasteiger partial charge in [-0.1, -0.05) is 55.1 Å². The third kappa shape index (κ3) is 20.0. The lowest BCUT2D eigenvalue weighted by atomic mass is 10.1. The van der Waals surface area contributed by atoms with Gasteiger partial charge in [-0.2, -0.15) is 17.6 Å². The highest BCUT2D eigenvalue weighted by atomic mass is 31.2. The van der Waals surface area contributed by atoms with Crippen molar-refractivity contribution in [3.05, 3.63) is 218 Å². The number of phosphoric acid groups is 4. The summed E-state index contributed by atoms with van der Waals surface area (Å²) in [5.74, 6) is -19.1. The zero-order valence-electron chi connectivity index (χ0n) is 69.5.